The van der Waals surface area contributed by atoms with Gasteiger partial charge in [-0.05, 0) is 86.4 Å². The monoisotopic (exact) mass is 842 g/mol. The number of rotatable bonds is 25. The van der Waals surface area contributed by atoms with Crippen molar-refractivity contribution in [3.8, 4) is 23.0 Å². The zero-order valence-electron chi connectivity index (χ0n) is 34.1. The first-order chi connectivity index (χ1) is 28.8. The van der Waals surface area contributed by atoms with E-state index in [2.05, 4.69) is 12.7 Å². The Bertz CT molecular complexity index is 1760. The predicted octanol–water partition coefficient (Wildman–Crippen LogP) is 6.64. The number of fused-ring (bicyclic) bond motifs is 2. The summed E-state index contributed by atoms with van der Waals surface area (Å²) < 4.78 is 37.3. The van der Waals surface area contributed by atoms with E-state index in [9.17, 15) is 24.9 Å². The number of oxime groups is 1. The van der Waals surface area contributed by atoms with Crippen LogP contribution in [0.4, 0.5) is 4.79 Å². The average Bonchev–Trinajstić information content (AvgIpc) is 3.25. The smallest absolute Gasteiger partial charge is 0.410 e. The van der Waals surface area contributed by atoms with Crippen LogP contribution in [0.5, 0.6) is 23.0 Å². The van der Waals surface area contributed by atoms with Gasteiger partial charge in [0.15, 0.2) is 6.29 Å². The molecule has 0 radical (unpaired) electrons. The molecule has 1 aliphatic heterocycles. The van der Waals surface area contributed by atoms with Gasteiger partial charge in [-0.25, -0.2) is 4.79 Å². The normalized spacial score (nSPS) is 23.6. The van der Waals surface area contributed by atoms with Gasteiger partial charge in [0, 0.05) is 37.7 Å². The summed E-state index contributed by atoms with van der Waals surface area (Å²) in [7, 11) is 1.50. The van der Waals surface area contributed by atoms with Crippen LogP contribution >= 0.6 is 11.6 Å². The fourth-order valence-electron chi connectivity index (χ4n) is 8.77. The van der Waals surface area contributed by atoms with Crippen molar-refractivity contribution in [3.63, 3.8) is 0 Å². The summed E-state index contributed by atoms with van der Waals surface area (Å²) in [6, 6.07) is 9.80. The number of benzene rings is 2. The number of carbonyl (C=O) groups excluding carboxylic acids is 2. The minimum atomic E-state index is -1.51. The molecule has 1 saturated carbocycles. The largest absolute Gasteiger partial charge is 0.496 e. The van der Waals surface area contributed by atoms with Crippen LogP contribution in [-0.4, -0.2) is 123 Å². The number of hydrogen-bond acceptors (Lipinski definition) is 13. The summed E-state index contributed by atoms with van der Waals surface area (Å²) >= 11 is 6.00. The van der Waals surface area contributed by atoms with Crippen molar-refractivity contribution in [1.82, 2.24) is 4.90 Å². The summed E-state index contributed by atoms with van der Waals surface area (Å²) in [6.45, 7) is 6.36. The van der Waals surface area contributed by atoms with Crippen molar-refractivity contribution in [2.45, 2.75) is 69.6 Å². The van der Waals surface area contributed by atoms with Crippen LogP contribution in [0.25, 0.3) is 0 Å². The highest BCUT2D eigenvalue weighted by Crippen LogP contribution is 2.62. The van der Waals surface area contributed by atoms with E-state index in [4.69, 9.17) is 50.0 Å². The molecule has 0 spiro atoms. The molecule has 6 atom stereocenters. The second-order valence-electron chi connectivity index (χ2n) is 14.6. The number of aldehydes is 1. The summed E-state index contributed by atoms with van der Waals surface area (Å²) in [5.41, 5.74) is 2.72. The summed E-state index contributed by atoms with van der Waals surface area (Å²) in [5.74, 6) is -0.343. The number of hydrogen-bond donors (Lipinski definition) is 3. The Morgan fingerprint density at radius 2 is 1.80 bits per heavy atom. The highest BCUT2D eigenvalue weighted by molar-refractivity contribution is 6.18. The van der Waals surface area contributed by atoms with Gasteiger partial charge in [-0.3, -0.25) is 9.69 Å². The number of aliphatic hydroxyl groups excluding tert-OH is 3. The van der Waals surface area contributed by atoms with Crippen LogP contribution in [-0.2, 0) is 19.0 Å². The number of allylic oxidation sites excluding steroid dienone is 1. The highest BCUT2D eigenvalue weighted by atomic mass is 35.5. The van der Waals surface area contributed by atoms with E-state index < -0.39 is 23.8 Å². The number of alkyl halides is 1. The van der Waals surface area contributed by atoms with Gasteiger partial charge in [-0.1, -0.05) is 30.1 Å². The summed E-state index contributed by atoms with van der Waals surface area (Å²) in [5, 5.41) is 33.9. The van der Waals surface area contributed by atoms with Crippen LogP contribution in [0.15, 0.2) is 65.9 Å². The van der Waals surface area contributed by atoms with Crippen LogP contribution in [0, 0.1) is 17.8 Å². The van der Waals surface area contributed by atoms with E-state index in [1.807, 2.05) is 19.1 Å². The van der Waals surface area contributed by atoms with E-state index in [-0.39, 0.29) is 82.8 Å². The molecule has 3 aliphatic rings. The lowest BCUT2D eigenvalue weighted by atomic mass is 9.55. The third kappa shape index (κ3) is 10.8. The van der Waals surface area contributed by atoms with Gasteiger partial charge in [-0.15, -0.1) is 18.2 Å². The molecule has 0 aromatic heterocycles. The first kappa shape index (κ1) is 45.9. The molecule has 2 aromatic rings. The summed E-state index contributed by atoms with van der Waals surface area (Å²) in [6.07, 6.45) is 8.48. The van der Waals surface area contributed by atoms with Crippen molar-refractivity contribution in [2.75, 3.05) is 72.4 Å². The SMILES string of the molecule is C=CCOC12Oc3ccc(Oc4ccc(OC)c(C=O)c4)cc3C3C(CCCCO)C(CCCCO)C=C(C(=NOCC)CC1N(CCOCCO)C(=O)OCCCl)C32. The summed E-state index contributed by atoms with van der Waals surface area (Å²) in [4.78, 5) is 33.4. The minimum Gasteiger partial charge on any atom is -0.496 e. The first-order valence-corrected chi connectivity index (χ1v) is 21.1. The Balaban J connectivity index is 1.76. The molecule has 3 N–H and O–H groups in total. The molecule has 5 rings (SSSR count). The van der Waals surface area contributed by atoms with E-state index in [0.29, 0.717) is 60.0 Å². The van der Waals surface area contributed by atoms with Gasteiger partial charge in [0.25, 0.3) is 0 Å². The molecule has 1 amide bonds. The van der Waals surface area contributed by atoms with E-state index in [1.54, 1.807) is 35.2 Å². The molecule has 2 aliphatic carbocycles. The van der Waals surface area contributed by atoms with Crippen molar-refractivity contribution >= 4 is 29.7 Å². The number of carbonyl (C=O) groups is 2. The second-order valence-corrected chi connectivity index (χ2v) is 15.0. The minimum absolute atomic E-state index is 0.0158. The van der Waals surface area contributed by atoms with Crippen molar-refractivity contribution in [1.29, 1.82) is 0 Å². The average molecular weight is 843 g/mol. The molecular formula is C44H59ClN2O12. The van der Waals surface area contributed by atoms with Crippen molar-refractivity contribution in [3.05, 3.63) is 71.8 Å². The highest BCUT2D eigenvalue weighted by Gasteiger charge is 2.65. The van der Waals surface area contributed by atoms with Gasteiger partial charge in [0.1, 0.15) is 42.3 Å². The van der Waals surface area contributed by atoms with Gasteiger partial charge in [-0.2, -0.15) is 0 Å². The molecule has 0 bridgehead atoms. The van der Waals surface area contributed by atoms with E-state index >= 15 is 0 Å². The maximum Gasteiger partial charge on any atom is 0.410 e. The number of halogens is 1. The van der Waals surface area contributed by atoms with Gasteiger partial charge in [0.2, 0.25) is 5.79 Å². The van der Waals surface area contributed by atoms with Crippen molar-refractivity contribution in [2.24, 2.45) is 22.9 Å². The topological polar surface area (TPSA) is 175 Å². The molecule has 6 unspecified atom stereocenters. The molecule has 15 heteroatoms. The molecule has 324 valence electrons. The molecule has 0 saturated heterocycles. The Morgan fingerprint density at radius 1 is 1.03 bits per heavy atom. The Hall–Kier alpha value is -4.18. The fourth-order valence-corrected chi connectivity index (χ4v) is 8.85. The molecular weight excluding hydrogens is 784 g/mol. The van der Waals surface area contributed by atoms with Crippen LogP contribution in [0.1, 0.15) is 73.7 Å². The lowest BCUT2D eigenvalue weighted by Gasteiger charge is -2.59. The predicted molar refractivity (Wildman–Crippen MR) is 222 cm³/mol. The van der Waals surface area contributed by atoms with Gasteiger partial charge in [0.05, 0.1) is 56.6 Å². The Labute approximate surface area is 351 Å². The van der Waals surface area contributed by atoms with Crippen LogP contribution < -0.4 is 14.2 Å². The van der Waals surface area contributed by atoms with E-state index in [1.165, 1.54) is 7.11 Å². The first-order valence-electron chi connectivity index (χ1n) is 20.5. The Kier molecular flexibility index (Phi) is 17.9. The Morgan fingerprint density at radius 3 is 2.49 bits per heavy atom. The van der Waals surface area contributed by atoms with Gasteiger partial charge >= 0.3 is 6.09 Å². The third-order valence-corrected chi connectivity index (χ3v) is 11.3. The number of ether oxygens (including phenoxy) is 6. The van der Waals surface area contributed by atoms with Gasteiger partial charge < -0.3 is 48.6 Å². The molecule has 2 aromatic carbocycles. The molecule has 1 fully saturated rings. The molecule has 14 nitrogen and oxygen atoms in total. The number of unbranched alkanes of at least 4 members (excludes halogenated alkanes) is 2. The quantitative estimate of drug-likeness (QED) is 0.0320. The second kappa shape index (κ2) is 23.0. The third-order valence-electron chi connectivity index (χ3n) is 11.1. The number of amides is 1. The number of nitrogens with zero attached hydrogens (tertiary/aromatic N) is 2. The zero-order chi connectivity index (χ0) is 42.2. The number of aliphatic hydroxyl groups is 3. The standard InChI is InChI=1S/C44H59ClN2O12/c1-4-21-56-44-40(47(17-23-54-24-20-50)43(52)55-22-16-45)28-37(46-57-5-2)35-26-30(10-6-8-18-48)34(11-7-9-19-49)41(42(35)44)36-27-33(13-15-39(36)59-44)58-32-12-14-38(53-3)31(25-32)29-51/h4,12-15,25-27,29-30,34,40-42,48-50H,1,5-11,16-24,28H2,2-3H3. The lowest BCUT2D eigenvalue weighted by molar-refractivity contribution is -0.256. The molecule has 1 heterocycles. The van der Waals surface area contributed by atoms with Crippen molar-refractivity contribution < 1.29 is 58.2 Å². The van der Waals surface area contributed by atoms with Crippen LogP contribution in [0.3, 0.4) is 0 Å². The van der Waals surface area contributed by atoms with E-state index in [0.717, 1.165) is 36.8 Å². The van der Waals surface area contributed by atoms with Crippen LogP contribution in [0.2, 0.25) is 0 Å². The molecule has 59 heavy (non-hydrogen) atoms. The number of methoxy groups -OCH3 is 1. The fraction of sp³-hybridized carbons (Fsp3) is 0.568. The maximum absolute atomic E-state index is 14.1. The lowest BCUT2D eigenvalue weighted by Crippen LogP contribution is -2.70. The maximum atomic E-state index is 14.1. The zero-order valence-corrected chi connectivity index (χ0v) is 34.9.